The molecule has 1 aromatic carbocycles. The highest BCUT2D eigenvalue weighted by atomic mass is 35.5. The summed E-state index contributed by atoms with van der Waals surface area (Å²) in [6, 6.07) is 11.7. The Bertz CT molecular complexity index is 871. The first kappa shape index (κ1) is 15.0. The molecule has 2 aromatic heterocycles. The molecule has 1 fully saturated rings. The van der Waals surface area contributed by atoms with Crippen molar-refractivity contribution in [3.63, 3.8) is 0 Å². The van der Waals surface area contributed by atoms with E-state index in [9.17, 15) is 4.79 Å². The summed E-state index contributed by atoms with van der Waals surface area (Å²) in [7, 11) is 0. The Balaban J connectivity index is 1.51. The van der Waals surface area contributed by atoms with Crippen LogP contribution in [0.5, 0.6) is 0 Å². The van der Waals surface area contributed by atoms with Gasteiger partial charge in [0.15, 0.2) is 0 Å². The number of benzene rings is 1. The zero-order chi connectivity index (χ0) is 16.5. The Labute approximate surface area is 144 Å². The van der Waals surface area contributed by atoms with Gasteiger partial charge in [0.2, 0.25) is 0 Å². The van der Waals surface area contributed by atoms with Gasteiger partial charge in [-0.25, -0.2) is 4.98 Å². The average molecular weight is 342 g/mol. The molecule has 0 spiro atoms. The van der Waals surface area contributed by atoms with Gasteiger partial charge in [-0.15, -0.1) is 0 Å². The second-order valence-corrected chi connectivity index (χ2v) is 6.14. The van der Waals surface area contributed by atoms with Crippen LogP contribution in [0.2, 0.25) is 5.15 Å². The number of furan rings is 1. The monoisotopic (exact) mass is 341 g/mol. The van der Waals surface area contributed by atoms with Crippen molar-refractivity contribution in [2.45, 2.75) is 0 Å². The number of hydrogen-bond acceptors (Lipinski definition) is 4. The van der Waals surface area contributed by atoms with E-state index in [2.05, 4.69) is 16.0 Å². The third-order valence-corrected chi connectivity index (χ3v) is 4.63. The summed E-state index contributed by atoms with van der Waals surface area (Å²) in [6.07, 6.45) is 3.00. The van der Waals surface area contributed by atoms with Gasteiger partial charge < -0.3 is 14.2 Å². The molecule has 3 heterocycles. The maximum atomic E-state index is 12.3. The molecule has 122 valence electrons. The first-order valence-corrected chi connectivity index (χ1v) is 8.22. The third kappa shape index (κ3) is 2.71. The highest BCUT2D eigenvalue weighted by Gasteiger charge is 2.23. The molecule has 0 N–H and O–H groups in total. The third-order valence-electron chi connectivity index (χ3n) is 4.34. The molecule has 24 heavy (non-hydrogen) atoms. The van der Waals surface area contributed by atoms with E-state index < -0.39 is 0 Å². The van der Waals surface area contributed by atoms with Crippen molar-refractivity contribution in [3.8, 4) is 0 Å². The molecule has 0 aliphatic carbocycles. The average Bonchev–Trinajstić information content (AvgIpc) is 3.16. The molecule has 4 rings (SSSR count). The van der Waals surface area contributed by atoms with E-state index in [1.807, 2.05) is 29.2 Å². The summed E-state index contributed by atoms with van der Waals surface area (Å²) in [6.45, 7) is 2.75. The predicted molar refractivity (Wildman–Crippen MR) is 93.6 cm³/mol. The second-order valence-electron chi connectivity index (χ2n) is 5.78. The van der Waals surface area contributed by atoms with Gasteiger partial charge in [-0.2, -0.15) is 0 Å². The molecule has 5 nitrogen and oxygen atoms in total. The molecule has 3 aromatic rings. The van der Waals surface area contributed by atoms with E-state index in [4.69, 9.17) is 16.0 Å². The van der Waals surface area contributed by atoms with Gasteiger partial charge in [0.1, 0.15) is 17.2 Å². The lowest BCUT2D eigenvalue weighted by molar-refractivity contribution is 0.0746. The van der Waals surface area contributed by atoms with Crippen molar-refractivity contribution in [2.75, 3.05) is 31.1 Å². The molecule has 0 unspecified atom stereocenters. The van der Waals surface area contributed by atoms with E-state index in [1.54, 1.807) is 6.07 Å². The van der Waals surface area contributed by atoms with Crippen molar-refractivity contribution in [3.05, 3.63) is 59.6 Å². The van der Waals surface area contributed by atoms with E-state index in [1.165, 1.54) is 12.5 Å². The van der Waals surface area contributed by atoms with Crippen molar-refractivity contribution >= 4 is 34.1 Å². The topological polar surface area (TPSA) is 49.6 Å². The molecule has 1 amide bonds. The van der Waals surface area contributed by atoms with E-state index in [-0.39, 0.29) is 5.91 Å². The van der Waals surface area contributed by atoms with E-state index >= 15 is 0 Å². The quantitative estimate of drug-likeness (QED) is 0.670. The first-order valence-electron chi connectivity index (χ1n) is 7.84. The molecule has 1 aliphatic heterocycles. The lowest BCUT2D eigenvalue weighted by atomic mass is 10.1. The minimum Gasteiger partial charge on any atom is -0.472 e. The minimum atomic E-state index is 0.00732. The molecular formula is C18H16ClN3O2. The highest BCUT2D eigenvalue weighted by molar-refractivity contribution is 6.34. The number of fused-ring (bicyclic) bond motifs is 1. The summed E-state index contributed by atoms with van der Waals surface area (Å²) in [5.41, 5.74) is 0.593. The van der Waals surface area contributed by atoms with Crippen LogP contribution in [0, 0.1) is 0 Å². The van der Waals surface area contributed by atoms with Crippen molar-refractivity contribution < 1.29 is 9.21 Å². The Morgan fingerprint density at radius 3 is 2.67 bits per heavy atom. The van der Waals surface area contributed by atoms with Crippen LogP contribution in [-0.4, -0.2) is 42.0 Å². The van der Waals surface area contributed by atoms with Crippen molar-refractivity contribution in [1.29, 1.82) is 0 Å². The number of carbonyl (C=O) groups is 1. The van der Waals surface area contributed by atoms with Gasteiger partial charge >= 0.3 is 0 Å². The number of carbonyl (C=O) groups excluding carboxylic acids is 1. The Morgan fingerprint density at radius 1 is 1.12 bits per heavy atom. The number of aromatic nitrogens is 1. The SMILES string of the molecule is O=C(c1ccoc1)N1CCN(c2cc3ccccc3c(Cl)n2)CC1. The number of halogens is 1. The van der Waals surface area contributed by atoms with Crippen molar-refractivity contribution in [2.24, 2.45) is 0 Å². The van der Waals surface area contributed by atoms with Crippen LogP contribution in [0.3, 0.4) is 0 Å². The van der Waals surface area contributed by atoms with Gasteiger partial charge in [0.25, 0.3) is 5.91 Å². The normalized spacial score (nSPS) is 15.0. The van der Waals surface area contributed by atoms with Gasteiger partial charge in [0.05, 0.1) is 11.8 Å². The fraction of sp³-hybridized carbons (Fsp3) is 0.222. The standard InChI is InChI=1S/C18H16ClN3O2/c19-17-15-4-2-1-3-13(15)11-16(20-17)21-6-8-22(9-7-21)18(23)14-5-10-24-12-14/h1-5,10-12H,6-9H2. The maximum Gasteiger partial charge on any atom is 0.257 e. The fourth-order valence-corrected chi connectivity index (χ4v) is 3.27. The molecule has 0 saturated carbocycles. The maximum absolute atomic E-state index is 12.3. The minimum absolute atomic E-state index is 0.00732. The van der Waals surface area contributed by atoms with Gasteiger partial charge in [-0.05, 0) is 17.5 Å². The lowest BCUT2D eigenvalue weighted by Crippen LogP contribution is -2.49. The predicted octanol–water partition coefficient (Wildman–Crippen LogP) is 3.44. The number of pyridine rings is 1. The number of amides is 1. The second kappa shape index (κ2) is 6.17. The van der Waals surface area contributed by atoms with Crippen molar-refractivity contribution in [1.82, 2.24) is 9.88 Å². The zero-order valence-electron chi connectivity index (χ0n) is 13.0. The van der Waals surface area contributed by atoms with Crippen LogP contribution in [0.4, 0.5) is 5.82 Å². The molecular weight excluding hydrogens is 326 g/mol. The Kier molecular flexibility index (Phi) is 3.86. The first-order chi connectivity index (χ1) is 11.7. The van der Waals surface area contributed by atoms with Gasteiger partial charge in [0, 0.05) is 31.6 Å². The summed E-state index contributed by atoms with van der Waals surface area (Å²) in [5, 5.41) is 2.54. The fourth-order valence-electron chi connectivity index (χ4n) is 3.01. The molecule has 1 aliphatic rings. The summed E-state index contributed by atoms with van der Waals surface area (Å²) < 4.78 is 4.99. The molecule has 0 atom stereocenters. The molecule has 0 radical (unpaired) electrons. The number of piperazine rings is 1. The summed E-state index contributed by atoms with van der Waals surface area (Å²) in [5.74, 6) is 0.863. The Hall–Kier alpha value is -2.53. The largest absolute Gasteiger partial charge is 0.472 e. The number of anilines is 1. The molecule has 0 bridgehead atoms. The van der Waals surface area contributed by atoms with Crippen LogP contribution in [0.15, 0.2) is 53.3 Å². The van der Waals surface area contributed by atoms with Gasteiger partial charge in [-0.3, -0.25) is 4.79 Å². The Morgan fingerprint density at radius 2 is 1.92 bits per heavy atom. The summed E-state index contributed by atoms with van der Waals surface area (Å²) in [4.78, 5) is 20.9. The molecule has 1 saturated heterocycles. The molecule has 6 heteroatoms. The van der Waals surface area contributed by atoms with Crippen LogP contribution < -0.4 is 4.90 Å². The van der Waals surface area contributed by atoms with Crippen LogP contribution in [0.1, 0.15) is 10.4 Å². The van der Waals surface area contributed by atoms with E-state index in [0.29, 0.717) is 23.8 Å². The van der Waals surface area contributed by atoms with Crippen LogP contribution >= 0.6 is 11.6 Å². The number of hydrogen-bond donors (Lipinski definition) is 0. The smallest absolute Gasteiger partial charge is 0.257 e. The number of nitrogens with zero attached hydrogens (tertiary/aromatic N) is 3. The zero-order valence-corrected chi connectivity index (χ0v) is 13.7. The van der Waals surface area contributed by atoms with Gasteiger partial charge in [-0.1, -0.05) is 35.9 Å². The van der Waals surface area contributed by atoms with Crippen LogP contribution in [0.25, 0.3) is 10.8 Å². The lowest BCUT2D eigenvalue weighted by Gasteiger charge is -2.35. The van der Waals surface area contributed by atoms with E-state index in [0.717, 1.165) is 29.7 Å². The van der Waals surface area contributed by atoms with Crippen LogP contribution in [-0.2, 0) is 0 Å². The highest BCUT2D eigenvalue weighted by Crippen LogP contribution is 2.27. The summed E-state index contributed by atoms with van der Waals surface area (Å²) >= 11 is 6.32. The number of rotatable bonds is 2.